The molecule has 2 unspecified atom stereocenters. The Labute approximate surface area is 144 Å². The highest BCUT2D eigenvalue weighted by Gasteiger charge is 2.42. The van der Waals surface area contributed by atoms with E-state index < -0.39 is 0 Å². The van der Waals surface area contributed by atoms with Crippen LogP contribution in [0.25, 0.3) is 0 Å². The highest BCUT2D eigenvalue weighted by atomic mass is 16.3. The number of hydrogen-bond acceptors (Lipinski definition) is 4. The van der Waals surface area contributed by atoms with Gasteiger partial charge in [0.25, 0.3) is 0 Å². The number of nitrogens with two attached hydrogens (primary N) is 1. The summed E-state index contributed by atoms with van der Waals surface area (Å²) < 4.78 is 0. The van der Waals surface area contributed by atoms with Crippen molar-refractivity contribution in [2.45, 2.75) is 44.9 Å². The molecule has 1 saturated carbocycles. The molecule has 0 bridgehead atoms. The van der Waals surface area contributed by atoms with E-state index in [9.17, 15) is 14.7 Å². The number of aliphatic hydroxyl groups is 1. The van der Waals surface area contributed by atoms with E-state index in [2.05, 4.69) is 0 Å². The van der Waals surface area contributed by atoms with Gasteiger partial charge in [0, 0.05) is 25.0 Å². The monoisotopic (exact) mass is 337 g/mol. The molecule has 2 saturated heterocycles. The largest absolute Gasteiger partial charge is 0.396 e. The van der Waals surface area contributed by atoms with Crippen LogP contribution in [0.3, 0.4) is 0 Å². The smallest absolute Gasteiger partial charge is 0.231 e. The first-order valence-corrected chi connectivity index (χ1v) is 9.42. The highest BCUT2D eigenvalue weighted by molar-refractivity contribution is 5.80. The molecule has 24 heavy (non-hydrogen) atoms. The van der Waals surface area contributed by atoms with E-state index in [1.165, 1.54) is 12.8 Å². The third-order valence-electron chi connectivity index (χ3n) is 5.96. The number of aliphatic hydroxyl groups excluding tert-OH is 1. The maximum atomic E-state index is 13.0. The highest BCUT2D eigenvalue weighted by Crippen LogP contribution is 2.44. The van der Waals surface area contributed by atoms with E-state index in [1.807, 2.05) is 9.80 Å². The molecular formula is C18H31N3O3. The lowest BCUT2D eigenvalue weighted by Gasteiger charge is -2.44. The van der Waals surface area contributed by atoms with E-state index in [0.29, 0.717) is 13.1 Å². The molecule has 0 aromatic rings. The molecule has 2 amide bonds. The number of amides is 2. The van der Waals surface area contributed by atoms with Crippen LogP contribution in [-0.4, -0.2) is 66.1 Å². The number of carbonyl (C=O) groups excluding carboxylic acids is 2. The zero-order valence-electron chi connectivity index (χ0n) is 14.6. The summed E-state index contributed by atoms with van der Waals surface area (Å²) in [4.78, 5) is 28.1. The first-order chi connectivity index (χ1) is 11.5. The van der Waals surface area contributed by atoms with E-state index in [0.717, 1.165) is 51.1 Å². The molecular weight excluding hydrogens is 306 g/mol. The lowest BCUT2D eigenvalue weighted by molar-refractivity contribution is -0.142. The predicted octanol–water partition coefficient (Wildman–Crippen LogP) is 0.585. The van der Waals surface area contributed by atoms with Crippen molar-refractivity contribution in [3.63, 3.8) is 0 Å². The second-order valence-electron chi connectivity index (χ2n) is 8.21. The molecule has 0 spiro atoms. The van der Waals surface area contributed by atoms with Gasteiger partial charge in [0.05, 0.1) is 19.1 Å². The van der Waals surface area contributed by atoms with Gasteiger partial charge in [-0.25, -0.2) is 0 Å². The Hall–Kier alpha value is -1.14. The number of primary amides is 1. The molecule has 0 aromatic carbocycles. The Balaban J connectivity index is 1.59. The van der Waals surface area contributed by atoms with Gasteiger partial charge in [-0.15, -0.1) is 0 Å². The molecule has 0 radical (unpaired) electrons. The van der Waals surface area contributed by atoms with Crippen LogP contribution in [0.1, 0.15) is 44.9 Å². The third kappa shape index (κ3) is 4.28. The van der Waals surface area contributed by atoms with Crippen molar-refractivity contribution in [3.8, 4) is 0 Å². The normalized spacial score (nSPS) is 31.9. The van der Waals surface area contributed by atoms with Crippen molar-refractivity contribution in [2.75, 3.05) is 39.3 Å². The van der Waals surface area contributed by atoms with Gasteiger partial charge in [-0.1, -0.05) is 12.8 Å². The minimum Gasteiger partial charge on any atom is -0.396 e. The number of hydrogen-bond donors (Lipinski definition) is 2. The van der Waals surface area contributed by atoms with E-state index in [-0.39, 0.29) is 36.3 Å². The average molecular weight is 337 g/mol. The summed E-state index contributed by atoms with van der Waals surface area (Å²) >= 11 is 0. The third-order valence-corrected chi connectivity index (χ3v) is 5.96. The Kier molecular flexibility index (Phi) is 5.45. The molecule has 3 N–H and O–H groups in total. The van der Waals surface area contributed by atoms with Crippen LogP contribution in [0, 0.1) is 17.3 Å². The van der Waals surface area contributed by atoms with Crippen LogP contribution in [-0.2, 0) is 9.59 Å². The molecule has 3 aliphatic rings. The van der Waals surface area contributed by atoms with Crippen LogP contribution in [0.2, 0.25) is 0 Å². The van der Waals surface area contributed by atoms with Gasteiger partial charge in [0.15, 0.2) is 0 Å². The van der Waals surface area contributed by atoms with Crippen molar-refractivity contribution in [3.05, 3.63) is 0 Å². The van der Waals surface area contributed by atoms with Crippen molar-refractivity contribution < 1.29 is 14.7 Å². The van der Waals surface area contributed by atoms with E-state index >= 15 is 0 Å². The molecule has 2 heterocycles. The second-order valence-corrected chi connectivity index (χ2v) is 8.21. The number of nitrogens with zero attached hydrogens (tertiary/aromatic N) is 2. The summed E-state index contributed by atoms with van der Waals surface area (Å²) in [7, 11) is 0. The zero-order chi connectivity index (χ0) is 17.2. The van der Waals surface area contributed by atoms with Gasteiger partial charge >= 0.3 is 0 Å². The lowest BCUT2D eigenvalue weighted by Crippen LogP contribution is -2.52. The quantitative estimate of drug-likeness (QED) is 0.742. The van der Waals surface area contributed by atoms with Crippen LogP contribution in [0.5, 0.6) is 0 Å². The summed E-state index contributed by atoms with van der Waals surface area (Å²) in [6.45, 7) is 3.41. The summed E-state index contributed by atoms with van der Waals surface area (Å²) in [5, 5.41) is 9.97. The molecule has 3 rings (SSSR count). The van der Waals surface area contributed by atoms with Crippen molar-refractivity contribution in [1.29, 1.82) is 0 Å². The Morgan fingerprint density at radius 2 is 1.96 bits per heavy atom. The van der Waals surface area contributed by atoms with Crippen LogP contribution in [0.15, 0.2) is 0 Å². The molecule has 2 atom stereocenters. The molecule has 6 heteroatoms. The first kappa shape index (κ1) is 17.7. The van der Waals surface area contributed by atoms with Crippen LogP contribution >= 0.6 is 0 Å². The summed E-state index contributed by atoms with van der Waals surface area (Å²) in [5.74, 6) is 0.601. The van der Waals surface area contributed by atoms with E-state index in [1.54, 1.807) is 0 Å². The van der Waals surface area contributed by atoms with Gasteiger partial charge in [-0.3, -0.25) is 14.5 Å². The van der Waals surface area contributed by atoms with Crippen molar-refractivity contribution in [1.82, 2.24) is 9.80 Å². The van der Waals surface area contributed by atoms with Gasteiger partial charge < -0.3 is 15.7 Å². The fourth-order valence-electron chi connectivity index (χ4n) is 4.57. The number of rotatable bonds is 6. The summed E-state index contributed by atoms with van der Waals surface area (Å²) in [6, 6.07) is 0. The molecule has 3 fully saturated rings. The van der Waals surface area contributed by atoms with Gasteiger partial charge in [-0.2, -0.15) is 0 Å². The van der Waals surface area contributed by atoms with Gasteiger partial charge in [0.2, 0.25) is 11.8 Å². The summed E-state index contributed by atoms with van der Waals surface area (Å²) in [5.41, 5.74) is 5.20. The maximum Gasteiger partial charge on any atom is 0.231 e. The molecule has 1 aliphatic carbocycles. The van der Waals surface area contributed by atoms with Crippen LogP contribution < -0.4 is 5.73 Å². The number of likely N-dealkylation sites (tertiary alicyclic amines) is 2. The van der Waals surface area contributed by atoms with Gasteiger partial charge in [0.1, 0.15) is 0 Å². The topological polar surface area (TPSA) is 86.9 Å². The fourth-order valence-corrected chi connectivity index (χ4v) is 4.57. The minimum atomic E-state index is -0.329. The first-order valence-electron chi connectivity index (χ1n) is 9.42. The van der Waals surface area contributed by atoms with E-state index in [4.69, 9.17) is 5.73 Å². The summed E-state index contributed by atoms with van der Waals surface area (Å²) in [6.07, 6.45) is 7.45. The SMILES string of the molecule is NC(=O)CN1CCCC(C(=O)N2CCCC(CO)(CC3CC3)C2)C1. The standard InChI is InChI=1S/C18H31N3O3/c19-16(23)11-20-7-1-3-15(10-20)17(24)21-8-2-6-18(12-21,13-22)9-14-4-5-14/h14-15,22H,1-13H2,(H2,19,23). The minimum absolute atomic E-state index is 0.0338. The Morgan fingerprint density at radius 1 is 1.17 bits per heavy atom. The molecule has 2 aliphatic heterocycles. The molecule has 0 aromatic heterocycles. The van der Waals surface area contributed by atoms with Crippen LogP contribution in [0.4, 0.5) is 0 Å². The fraction of sp³-hybridized carbons (Fsp3) is 0.889. The molecule has 136 valence electrons. The zero-order valence-corrected chi connectivity index (χ0v) is 14.6. The Bertz CT molecular complexity index is 480. The molecule has 6 nitrogen and oxygen atoms in total. The van der Waals surface area contributed by atoms with Gasteiger partial charge in [-0.05, 0) is 44.6 Å². The average Bonchev–Trinajstić information content (AvgIpc) is 3.38. The predicted molar refractivity (Wildman–Crippen MR) is 91.0 cm³/mol. The maximum absolute atomic E-state index is 13.0. The number of piperidine rings is 2. The second kappa shape index (κ2) is 7.40. The number of carbonyl (C=O) groups is 2. The Morgan fingerprint density at radius 3 is 2.62 bits per heavy atom. The van der Waals surface area contributed by atoms with Crippen molar-refractivity contribution >= 4 is 11.8 Å². The van der Waals surface area contributed by atoms with Crippen molar-refractivity contribution in [2.24, 2.45) is 23.0 Å². The lowest BCUT2D eigenvalue weighted by atomic mass is 9.76.